The Hall–Kier alpha value is -1.79. The molecule has 2 aromatic rings. The normalized spacial score (nSPS) is 16.1. The van der Waals surface area contributed by atoms with Crippen molar-refractivity contribution in [2.45, 2.75) is 6.54 Å². The van der Waals surface area contributed by atoms with Gasteiger partial charge in [-0.25, -0.2) is 8.70 Å². The van der Waals surface area contributed by atoms with Gasteiger partial charge in [0, 0.05) is 17.6 Å². The van der Waals surface area contributed by atoms with E-state index >= 15 is 0 Å². The van der Waals surface area contributed by atoms with E-state index in [2.05, 4.69) is 0 Å². The molecule has 2 aromatic carbocycles. The van der Waals surface area contributed by atoms with Crippen molar-refractivity contribution >= 4 is 33.2 Å². The molecule has 1 heterocycles. The van der Waals surface area contributed by atoms with E-state index in [4.69, 9.17) is 11.6 Å². The van der Waals surface area contributed by atoms with Crippen molar-refractivity contribution in [2.24, 2.45) is 0 Å². The Balaban J connectivity index is 2.10. The molecule has 0 saturated carbocycles. The number of rotatable bonds is 2. The van der Waals surface area contributed by atoms with Gasteiger partial charge >= 0.3 is 10.2 Å². The molecule has 0 aliphatic carbocycles. The molecular weight excluding hydrogens is 315 g/mol. The lowest BCUT2D eigenvalue weighted by molar-refractivity contribution is 0.587. The molecule has 1 aliphatic rings. The molecule has 1 aliphatic heterocycles. The molecule has 21 heavy (non-hydrogen) atoms. The van der Waals surface area contributed by atoms with Gasteiger partial charge in [-0.05, 0) is 24.3 Å². The lowest BCUT2D eigenvalue weighted by atomic mass is 10.2. The quantitative estimate of drug-likeness (QED) is 0.850. The molecule has 0 amide bonds. The second-order valence-electron chi connectivity index (χ2n) is 4.67. The number of halogens is 2. The van der Waals surface area contributed by atoms with E-state index in [-0.39, 0.29) is 17.1 Å². The predicted molar refractivity (Wildman–Crippen MR) is 81.4 cm³/mol. The van der Waals surface area contributed by atoms with Gasteiger partial charge in [0.2, 0.25) is 0 Å². The fraction of sp³-hybridized carbons (Fsp3) is 0.143. The van der Waals surface area contributed by atoms with Gasteiger partial charge in [-0.15, -0.1) is 0 Å². The zero-order valence-electron chi connectivity index (χ0n) is 11.1. The minimum absolute atomic E-state index is 0.144. The minimum atomic E-state index is -3.72. The van der Waals surface area contributed by atoms with Crippen LogP contribution in [0.4, 0.5) is 15.8 Å². The Kier molecular flexibility index (Phi) is 3.30. The highest BCUT2D eigenvalue weighted by Gasteiger charge is 2.38. The Morgan fingerprint density at radius 1 is 1.10 bits per heavy atom. The third-order valence-corrected chi connectivity index (χ3v) is 5.60. The molecule has 0 fully saturated rings. The Morgan fingerprint density at radius 3 is 2.43 bits per heavy atom. The Bertz CT molecular complexity index is 790. The second-order valence-corrected chi connectivity index (χ2v) is 6.96. The van der Waals surface area contributed by atoms with Gasteiger partial charge < -0.3 is 0 Å². The molecule has 0 spiro atoms. The summed E-state index contributed by atoms with van der Waals surface area (Å²) in [6, 6.07) is 11.2. The van der Waals surface area contributed by atoms with E-state index in [1.54, 1.807) is 24.3 Å². The molecule has 3 rings (SSSR count). The Labute approximate surface area is 127 Å². The van der Waals surface area contributed by atoms with Crippen LogP contribution in [0.3, 0.4) is 0 Å². The van der Waals surface area contributed by atoms with E-state index < -0.39 is 16.0 Å². The van der Waals surface area contributed by atoms with Crippen LogP contribution >= 0.6 is 11.6 Å². The summed E-state index contributed by atoms with van der Waals surface area (Å²) in [7, 11) is -2.25. The summed E-state index contributed by atoms with van der Waals surface area (Å²) in [5, 5.41) is 0.206. The van der Waals surface area contributed by atoms with E-state index in [1.165, 1.54) is 29.6 Å². The van der Waals surface area contributed by atoms with E-state index in [1.807, 2.05) is 0 Å². The number of hydrogen-bond donors (Lipinski definition) is 0. The highest BCUT2D eigenvalue weighted by atomic mass is 35.5. The largest absolute Gasteiger partial charge is 0.326 e. The van der Waals surface area contributed by atoms with E-state index in [9.17, 15) is 12.8 Å². The van der Waals surface area contributed by atoms with Gasteiger partial charge in [-0.1, -0.05) is 29.8 Å². The first-order chi connectivity index (χ1) is 9.93. The van der Waals surface area contributed by atoms with Crippen LogP contribution in [0.1, 0.15) is 5.56 Å². The standard InChI is InChI=1S/C14H12ClFN2O2S/c1-17-13-7-2-3-8-14(13)18(21(17,19)20)9-10-11(15)5-4-6-12(10)16/h2-8H,9H2,1H3. The molecule has 0 N–H and O–H groups in total. The maximum Gasteiger partial charge on any atom is 0.326 e. The van der Waals surface area contributed by atoms with Crippen molar-refractivity contribution in [2.75, 3.05) is 15.7 Å². The fourth-order valence-electron chi connectivity index (χ4n) is 2.33. The summed E-state index contributed by atoms with van der Waals surface area (Å²) >= 11 is 5.99. The summed E-state index contributed by atoms with van der Waals surface area (Å²) in [5.74, 6) is -0.523. The Morgan fingerprint density at radius 2 is 1.76 bits per heavy atom. The van der Waals surface area contributed by atoms with E-state index in [0.29, 0.717) is 11.4 Å². The van der Waals surface area contributed by atoms with Crippen molar-refractivity contribution in [3.05, 3.63) is 58.9 Å². The van der Waals surface area contributed by atoms with Crippen molar-refractivity contribution in [3.63, 3.8) is 0 Å². The maximum atomic E-state index is 13.9. The average Bonchev–Trinajstić information content (AvgIpc) is 2.64. The number of fused-ring (bicyclic) bond motifs is 1. The lowest BCUT2D eigenvalue weighted by Crippen LogP contribution is -2.35. The molecule has 4 nitrogen and oxygen atoms in total. The van der Waals surface area contributed by atoms with Gasteiger partial charge in [0.15, 0.2) is 0 Å². The second kappa shape index (κ2) is 4.89. The first-order valence-electron chi connectivity index (χ1n) is 6.21. The van der Waals surface area contributed by atoms with Crippen LogP contribution in [0.2, 0.25) is 5.02 Å². The van der Waals surface area contributed by atoms with Gasteiger partial charge in [0.05, 0.1) is 17.9 Å². The zero-order valence-corrected chi connectivity index (χ0v) is 12.7. The molecule has 0 aromatic heterocycles. The van der Waals surface area contributed by atoms with Crippen LogP contribution in [0.25, 0.3) is 0 Å². The van der Waals surface area contributed by atoms with Crippen LogP contribution in [-0.2, 0) is 16.8 Å². The smallest absolute Gasteiger partial charge is 0.254 e. The number of benzene rings is 2. The van der Waals surface area contributed by atoms with Gasteiger partial charge in [0.1, 0.15) is 5.82 Å². The first kappa shape index (κ1) is 14.2. The molecule has 0 radical (unpaired) electrons. The SMILES string of the molecule is CN1c2ccccc2N(Cc2c(F)cccc2Cl)S1(=O)=O. The van der Waals surface area contributed by atoms with Crippen LogP contribution in [-0.4, -0.2) is 15.5 Å². The monoisotopic (exact) mass is 326 g/mol. The topological polar surface area (TPSA) is 40.6 Å². The van der Waals surface area contributed by atoms with E-state index in [0.717, 1.165) is 4.31 Å². The number of nitrogens with zero attached hydrogens (tertiary/aromatic N) is 2. The zero-order chi connectivity index (χ0) is 15.2. The van der Waals surface area contributed by atoms with Crippen LogP contribution in [0.15, 0.2) is 42.5 Å². The fourth-order valence-corrected chi connectivity index (χ4v) is 3.95. The molecule has 0 atom stereocenters. The third kappa shape index (κ3) is 2.15. The molecule has 7 heteroatoms. The maximum absolute atomic E-state index is 13.9. The molecule has 0 saturated heterocycles. The van der Waals surface area contributed by atoms with Crippen molar-refractivity contribution in [3.8, 4) is 0 Å². The predicted octanol–water partition coefficient (Wildman–Crippen LogP) is 3.18. The summed E-state index contributed by atoms with van der Waals surface area (Å²) in [6.07, 6.45) is 0. The van der Waals surface area contributed by atoms with Gasteiger partial charge in [-0.3, -0.25) is 4.31 Å². The van der Waals surface area contributed by atoms with Crippen molar-refractivity contribution < 1.29 is 12.8 Å². The summed E-state index contributed by atoms with van der Waals surface area (Å²) in [5.41, 5.74) is 1.23. The van der Waals surface area contributed by atoms with Crippen LogP contribution in [0.5, 0.6) is 0 Å². The average molecular weight is 327 g/mol. The molecule has 110 valence electrons. The first-order valence-corrected chi connectivity index (χ1v) is 7.99. The van der Waals surface area contributed by atoms with Crippen molar-refractivity contribution in [1.82, 2.24) is 0 Å². The molecule has 0 bridgehead atoms. The highest BCUT2D eigenvalue weighted by Crippen LogP contribution is 2.41. The molecule has 0 unspecified atom stereocenters. The summed E-state index contributed by atoms with van der Waals surface area (Å²) in [4.78, 5) is 0. The van der Waals surface area contributed by atoms with Crippen molar-refractivity contribution in [1.29, 1.82) is 0 Å². The third-order valence-electron chi connectivity index (χ3n) is 3.48. The summed E-state index contributed by atoms with van der Waals surface area (Å²) < 4.78 is 41.2. The number of para-hydroxylation sites is 2. The number of hydrogen-bond acceptors (Lipinski definition) is 2. The minimum Gasteiger partial charge on any atom is -0.254 e. The van der Waals surface area contributed by atoms with Crippen LogP contribution in [0, 0.1) is 5.82 Å². The van der Waals surface area contributed by atoms with Gasteiger partial charge in [0.25, 0.3) is 0 Å². The van der Waals surface area contributed by atoms with Gasteiger partial charge in [-0.2, -0.15) is 8.42 Å². The summed E-state index contributed by atoms with van der Waals surface area (Å²) in [6.45, 7) is -0.144. The van der Waals surface area contributed by atoms with Crippen LogP contribution < -0.4 is 8.61 Å². The molecular formula is C14H12ClFN2O2S. The highest BCUT2D eigenvalue weighted by molar-refractivity contribution is 7.94. The number of anilines is 2. The lowest BCUT2D eigenvalue weighted by Gasteiger charge is -2.20.